The Morgan fingerprint density at radius 2 is 2.19 bits per heavy atom. The quantitative estimate of drug-likeness (QED) is 0.490. The number of carbonyl (C=O) groups is 2. The van der Waals surface area contributed by atoms with Crippen molar-refractivity contribution in [3.8, 4) is 0 Å². The third-order valence-corrected chi connectivity index (χ3v) is 7.46. The minimum atomic E-state index is -0.640. The third-order valence-electron chi connectivity index (χ3n) is 4.30. The molecule has 0 radical (unpaired) electrons. The molecule has 0 fully saturated rings. The molecule has 0 saturated carbocycles. The van der Waals surface area contributed by atoms with Crippen molar-refractivity contribution in [2.24, 2.45) is 0 Å². The first-order chi connectivity index (χ1) is 12.7. The van der Waals surface area contributed by atoms with Gasteiger partial charge in [0, 0.05) is 11.4 Å². The van der Waals surface area contributed by atoms with Gasteiger partial charge < -0.3 is 9.64 Å². The van der Waals surface area contributed by atoms with Crippen LogP contribution in [0.15, 0.2) is 40.1 Å². The Bertz CT molecular complexity index is 932. The average Bonchev–Trinajstić information content (AvgIpc) is 3.30. The Labute approximate surface area is 163 Å². The first-order valence-electron chi connectivity index (χ1n) is 8.09. The summed E-state index contributed by atoms with van der Waals surface area (Å²) in [6.07, 6.45) is 0.776. The van der Waals surface area contributed by atoms with E-state index in [-0.39, 0.29) is 17.6 Å². The molecule has 0 spiro atoms. The summed E-state index contributed by atoms with van der Waals surface area (Å²) in [4.78, 5) is 32.5. The van der Waals surface area contributed by atoms with Gasteiger partial charge in [-0.05, 0) is 35.6 Å². The Morgan fingerprint density at radius 1 is 1.35 bits per heavy atom. The number of thioether (sulfide) groups is 1. The number of esters is 1. The molecule has 0 bridgehead atoms. The lowest BCUT2D eigenvalue weighted by Crippen LogP contribution is -2.44. The van der Waals surface area contributed by atoms with Gasteiger partial charge in [0.25, 0.3) is 0 Å². The number of aromatic nitrogens is 1. The van der Waals surface area contributed by atoms with E-state index < -0.39 is 6.04 Å². The van der Waals surface area contributed by atoms with Crippen LogP contribution in [-0.2, 0) is 20.7 Å². The lowest BCUT2D eigenvalue weighted by Gasteiger charge is -2.33. The lowest BCUT2D eigenvalue weighted by atomic mass is 10.00. The summed E-state index contributed by atoms with van der Waals surface area (Å²) in [5.74, 6) is -0.198. The number of thiophene rings is 1. The van der Waals surface area contributed by atoms with Crippen molar-refractivity contribution in [3.63, 3.8) is 0 Å². The highest BCUT2D eigenvalue weighted by Crippen LogP contribution is 2.35. The summed E-state index contributed by atoms with van der Waals surface area (Å²) < 4.78 is 6.92. The van der Waals surface area contributed by atoms with E-state index in [1.165, 1.54) is 18.9 Å². The standard InChI is InChI=1S/C18H16N2O3S3/c1-23-17(22)16-11-7-9-24-13(11)6-8-20(16)15(21)10-25-18-19-12-4-2-3-5-14(12)26-18/h2-5,7,9,16H,6,8,10H2,1H3. The number of fused-ring (bicyclic) bond motifs is 2. The number of benzene rings is 1. The summed E-state index contributed by atoms with van der Waals surface area (Å²) in [6, 6.07) is 9.20. The molecule has 0 aliphatic carbocycles. The maximum atomic E-state index is 12.8. The first-order valence-corrected chi connectivity index (χ1v) is 10.8. The molecule has 5 nitrogen and oxygen atoms in total. The summed E-state index contributed by atoms with van der Waals surface area (Å²) in [5.41, 5.74) is 1.84. The number of thiazole rings is 1. The largest absolute Gasteiger partial charge is 0.467 e. The number of methoxy groups -OCH3 is 1. The van der Waals surface area contributed by atoms with Crippen molar-refractivity contribution >= 4 is 56.5 Å². The Morgan fingerprint density at radius 3 is 3.00 bits per heavy atom. The van der Waals surface area contributed by atoms with Crippen LogP contribution < -0.4 is 0 Å². The molecule has 1 unspecified atom stereocenters. The van der Waals surface area contributed by atoms with Crippen molar-refractivity contribution in [1.82, 2.24) is 9.88 Å². The molecular formula is C18H16N2O3S3. The van der Waals surface area contributed by atoms with E-state index in [9.17, 15) is 9.59 Å². The van der Waals surface area contributed by atoms with E-state index in [0.717, 1.165) is 31.4 Å². The molecule has 8 heteroatoms. The number of nitrogens with zero attached hydrogens (tertiary/aromatic N) is 2. The van der Waals surface area contributed by atoms with E-state index in [1.807, 2.05) is 35.7 Å². The molecule has 1 aromatic carbocycles. The minimum absolute atomic E-state index is 0.0680. The molecule has 2 aromatic heterocycles. The maximum Gasteiger partial charge on any atom is 0.333 e. The second-order valence-electron chi connectivity index (χ2n) is 5.80. The molecule has 1 amide bonds. The van der Waals surface area contributed by atoms with E-state index in [1.54, 1.807) is 27.6 Å². The minimum Gasteiger partial charge on any atom is -0.467 e. The number of ether oxygens (including phenoxy) is 1. The maximum absolute atomic E-state index is 12.8. The van der Waals surface area contributed by atoms with E-state index >= 15 is 0 Å². The molecule has 0 saturated heterocycles. The predicted octanol–water partition coefficient (Wildman–Crippen LogP) is 3.75. The molecule has 26 heavy (non-hydrogen) atoms. The van der Waals surface area contributed by atoms with Crippen LogP contribution >= 0.6 is 34.4 Å². The van der Waals surface area contributed by atoms with Gasteiger partial charge in [0.1, 0.15) is 0 Å². The van der Waals surface area contributed by atoms with Crippen LogP contribution in [0, 0.1) is 0 Å². The number of carbonyl (C=O) groups excluding carboxylic acids is 2. The second kappa shape index (κ2) is 7.38. The van der Waals surface area contributed by atoms with Gasteiger partial charge in [0.15, 0.2) is 10.4 Å². The van der Waals surface area contributed by atoms with Gasteiger partial charge in [-0.1, -0.05) is 23.9 Å². The normalized spacial score (nSPS) is 16.5. The average molecular weight is 405 g/mol. The third kappa shape index (κ3) is 3.24. The van der Waals surface area contributed by atoms with Crippen molar-refractivity contribution in [3.05, 3.63) is 46.2 Å². The molecule has 1 atom stereocenters. The Hall–Kier alpha value is -1.90. The number of amides is 1. The van der Waals surface area contributed by atoms with Gasteiger partial charge in [0.2, 0.25) is 5.91 Å². The van der Waals surface area contributed by atoms with Crippen LogP contribution in [-0.4, -0.2) is 41.2 Å². The molecule has 4 rings (SSSR count). The van der Waals surface area contributed by atoms with Crippen molar-refractivity contribution in [2.45, 2.75) is 16.8 Å². The molecule has 3 heterocycles. The summed E-state index contributed by atoms with van der Waals surface area (Å²) in [5, 5.41) is 1.96. The van der Waals surface area contributed by atoms with Crippen molar-refractivity contribution < 1.29 is 14.3 Å². The van der Waals surface area contributed by atoms with Crippen LogP contribution in [0.2, 0.25) is 0 Å². The van der Waals surface area contributed by atoms with Crippen LogP contribution in [0.5, 0.6) is 0 Å². The van der Waals surface area contributed by atoms with Gasteiger partial charge in [-0.2, -0.15) is 0 Å². The lowest BCUT2D eigenvalue weighted by molar-refractivity contribution is -0.153. The Kier molecular flexibility index (Phi) is 4.97. The van der Waals surface area contributed by atoms with Crippen molar-refractivity contribution in [1.29, 1.82) is 0 Å². The highest BCUT2D eigenvalue weighted by Gasteiger charge is 2.37. The number of para-hydroxylation sites is 1. The van der Waals surface area contributed by atoms with Gasteiger partial charge in [0.05, 0.1) is 23.1 Å². The van der Waals surface area contributed by atoms with Crippen LogP contribution in [0.4, 0.5) is 0 Å². The van der Waals surface area contributed by atoms with E-state index in [0.29, 0.717) is 6.54 Å². The van der Waals surface area contributed by atoms with Gasteiger partial charge in [-0.3, -0.25) is 4.79 Å². The molecule has 1 aliphatic rings. The SMILES string of the molecule is COC(=O)C1c2ccsc2CCN1C(=O)CSc1nc2ccccc2s1. The highest BCUT2D eigenvalue weighted by atomic mass is 32.2. The van der Waals surface area contributed by atoms with Gasteiger partial charge in [-0.15, -0.1) is 22.7 Å². The zero-order valence-corrected chi connectivity index (χ0v) is 16.5. The van der Waals surface area contributed by atoms with E-state index in [2.05, 4.69) is 4.98 Å². The monoisotopic (exact) mass is 404 g/mol. The molecular weight excluding hydrogens is 388 g/mol. The number of hydrogen-bond acceptors (Lipinski definition) is 7. The molecule has 3 aromatic rings. The van der Waals surface area contributed by atoms with Crippen LogP contribution in [0.25, 0.3) is 10.2 Å². The first kappa shape index (κ1) is 17.5. The topological polar surface area (TPSA) is 59.5 Å². The number of hydrogen-bond donors (Lipinski definition) is 0. The van der Waals surface area contributed by atoms with Crippen molar-refractivity contribution in [2.75, 3.05) is 19.4 Å². The smallest absolute Gasteiger partial charge is 0.333 e. The van der Waals surface area contributed by atoms with Gasteiger partial charge in [-0.25, -0.2) is 9.78 Å². The molecule has 1 aliphatic heterocycles. The zero-order chi connectivity index (χ0) is 18.1. The Balaban J connectivity index is 1.50. The predicted molar refractivity (Wildman–Crippen MR) is 105 cm³/mol. The fourth-order valence-corrected chi connectivity index (χ4v) is 5.93. The number of rotatable bonds is 4. The molecule has 0 N–H and O–H groups in total. The zero-order valence-electron chi connectivity index (χ0n) is 14.0. The highest BCUT2D eigenvalue weighted by molar-refractivity contribution is 8.01. The van der Waals surface area contributed by atoms with E-state index in [4.69, 9.17) is 4.74 Å². The summed E-state index contributed by atoms with van der Waals surface area (Å²) in [6.45, 7) is 0.534. The summed E-state index contributed by atoms with van der Waals surface area (Å²) in [7, 11) is 1.36. The second-order valence-corrected chi connectivity index (χ2v) is 9.05. The fourth-order valence-electron chi connectivity index (χ4n) is 3.07. The van der Waals surface area contributed by atoms with Crippen LogP contribution in [0.1, 0.15) is 16.5 Å². The summed E-state index contributed by atoms with van der Waals surface area (Å²) >= 11 is 4.62. The van der Waals surface area contributed by atoms with Crippen LogP contribution in [0.3, 0.4) is 0 Å². The molecule has 134 valence electrons. The van der Waals surface area contributed by atoms with Gasteiger partial charge >= 0.3 is 5.97 Å². The fraction of sp³-hybridized carbons (Fsp3) is 0.278.